The van der Waals surface area contributed by atoms with Crippen LogP contribution in [0.4, 0.5) is 5.69 Å². The molecule has 8 nitrogen and oxygen atoms in total. The smallest absolute Gasteiger partial charge is 0.232 e. The molecule has 0 saturated heterocycles. The van der Waals surface area contributed by atoms with Crippen LogP contribution in [-0.4, -0.2) is 51.9 Å². The Labute approximate surface area is 181 Å². The first-order valence-corrected chi connectivity index (χ1v) is 10.0. The van der Waals surface area contributed by atoms with E-state index in [4.69, 9.17) is 4.74 Å². The average molecular weight is 422 g/mol. The lowest BCUT2D eigenvalue weighted by Gasteiger charge is -2.13. The Bertz CT molecular complexity index is 934. The molecule has 31 heavy (non-hydrogen) atoms. The van der Waals surface area contributed by atoms with Crippen LogP contribution in [0.3, 0.4) is 0 Å². The van der Waals surface area contributed by atoms with E-state index in [0.29, 0.717) is 24.7 Å². The van der Waals surface area contributed by atoms with Crippen molar-refractivity contribution in [2.45, 2.75) is 18.9 Å². The van der Waals surface area contributed by atoms with Gasteiger partial charge in [-0.05, 0) is 61.0 Å². The molecule has 0 fully saturated rings. The fraction of sp³-hybridized carbons (Fsp3) is 0.261. The van der Waals surface area contributed by atoms with Crippen LogP contribution in [0.2, 0.25) is 0 Å². The molecule has 0 aliphatic carbocycles. The van der Waals surface area contributed by atoms with Crippen LogP contribution in [0.5, 0.6) is 11.5 Å². The number of phenols is 1. The van der Waals surface area contributed by atoms with Gasteiger partial charge in [-0.3, -0.25) is 4.79 Å². The first-order chi connectivity index (χ1) is 15.1. The van der Waals surface area contributed by atoms with Crippen molar-refractivity contribution in [1.29, 1.82) is 0 Å². The maximum absolute atomic E-state index is 12.1. The summed E-state index contributed by atoms with van der Waals surface area (Å²) in [6, 6.07) is 15.7. The number of anilines is 1. The lowest BCUT2D eigenvalue weighted by atomic mass is 10.1. The molecule has 1 atom stereocenters. The monoisotopic (exact) mass is 422 g/mol. The number of carbonyl (C=O) groups excluding carboxylic acids is 1. The summed E-state index contributed by atoms with van der Waals surface area (Å²) in [4.78, 5) is 20.1. The molecule has 1 heterocycles. The van der Waals surface area contributed by atoms with Crippen molar-refractivity contribution in [1.82, 2.24) is 15.3 Å². The molecular formula is C23H26N4O4. The third-order valence-electron chi connectivity index (χ3n) is 4.43. The molecule has 0 aliphatic heterocycles. The molecule has 4 N–H and O–H groups in total. The second kappa shape index (κ2) is 11.6. The van der Waals surface area contributed by atoms with Crippen LogP contribution in [0, 0.1) is 0 Å². The second-order valence-corrected chi connectivity index (χ2v) is 7.00. The first kappa shape index (κ1) is 22.2. The molecule has 0 radical (unpaired) electrons. The number of aromatic nitrogens is 2. The maximum atomic E-state index is 12.1. The van der Waals surface area contributed by atoms with Gasteiger partial charge >= 0.3 is 0 Å². The Hall–Kier alpha value is -3.49. The third-order valence-corrected chi connectivity index (χ3v) is 4.43. The molecule has 1 unspecified atom stereocenters. The van der Waals surface area contributed by atoms with Crippen LogP contribution >= 0.6 is 0 Å². The number of amides is 1. The van der Waals surface area contributed by atoms with Gasteiger partial charge in [0.15, 0.2) is 0 Å². The van der Waals surface area contributed by atoms with Crippen LogP contribution in [0.25, 0.3) is 0 Å². The molecule has 3 aromatic rings. The highest BCUT2D eigenvalue weighted by molar-refractivity contribution is 5.91. The zero-order chi connectivity index (χ0) is 21.9. The maximum Gasteiger partial charge on any atom is 0.232 e. The minimum absolute atomic E-state index is 0.130. The quantitative estimate of drug-likeness (QED) is 0.349. The number of aliphatic hydroxyl groups is 1. The highest BCUT2D eigenvalue weighted by atomic mass is 16.5. The van der Waals surface area contributed by atoms with E-state index in [1.54, 1.807) is 30.6 Å². The molecule has 2 aromatic carbocycles. The number of nitrogens with zero attached hydrogens (tertiary/aromatic N) is 2. The summed E-state index contributed by atoms with van der Waals surface area (Å²) in [5.74, 6) is 1.09. The lowest BCUT2D eigenvalue weighted by molar-refractivity contribution is -0.115. The largest absolute Gasteiger partial charge is 0.508 e. The van der Waals surface area contributed by atoms with Crippen LogP contribution in [0.1, 0.15) is 11.4 Å². The van der Waals surface area contributed by atoms with Crippen molar-refractivity contribution in [2.24, 2.45) is 0 Å². The van der Waals surface area contributed by atoms with E-state index in [0.717, 1.165) is 17.7 Å². The van der Waals surface area contributed by atoms with Crippen LogP contribution in [-0.2, 0) is 17.6 Å². The topological polar surface area (TPSA) is 117 Å². The van der Waals surface area contributed by atoms with E-state index in [2.05, 4.69) is 20.6 Å². The number of phenolic OH excluding ortho intramolecular Hbond substituents is 1. The van der Waals surface area contributed by atoms with Gasteiger partial charge in [-0.2, -0.15) is 0 Å². The van der Waals surface area contributed by atoms with Crippen molar-refractivity contribution in [3.05, 3.63) is 78.4 Å². The van der Waals surface area contributed by atoms with Gasteiger partial charge in [0.05, 0.1) is 6.42 Å². The summed E-state index contributed by atoms with van der Waals surface area (Å²) in [6.45, 7) is 1.28. The van der Waals surface area contributed by atoms with Crippen molar-refractivity contribution in [3.63, 3.8) is 0 Å². The molecule has 0 saturated carbocycles. The van der Waals surface area contributed by atoms with E-state index in [-0.39, 0.29) is 24.7 Å². The SMILES string of the molecule is O=C(Cc1ncccn1)Nc1ccc(CCNCC(O)COc2ccc(O)cc2)cc1. The number of ether oxygens (including phenoxy) is 1. The number of hydrogen-bond acceptors (Lipinski definition) is 7. The second-order valence-electron chi connectivity index (χ2n) is 7.00. The van der Waals surface area contributed by atoms with Crippen molar-refractivity contribution >= 4 is 11.6 Å². The Morgan fingerprint density at radius 2 is 1.74 bits per heavy atom. The first-order valence-electron chi connectivity index (χ1n) is 10.0. The molecule has 162 valence electrons. The standard InChI is InChI=1S/C23H26N4O4/c28-19-6-8-21(9-7-19)31-16-20(29)15-24-13-10-17-2-4-18(5-3-17)27-23(30)14-22-25-11-1-12-26-22/h1-9,11-12,20,24,28-29H,10,13-16H2,(H,27,30). The molecule has 8 heteroatoms. The fourth-order valence-electron chi connectivity index (χ4n) is 2.82. The predicted octanol–water partition coefficient (Wildman–Crippen LogP) is 1.94. The number of aromatic hydroxyl groups is 1. The highest BCUT2D eigenvalue weighted by Gasteiger charge is 2.07. The normalized spacial score (nSPS) is 11.6. The minimum Gasteiger partial charge on any atom is -0.508 e. The van der Waals surface area contributed by atoms with Crippen molar-refractivity contribution in [2.75, 3.05) is 25.0 Å². The summed E-state index contributed by atoms with van der Waals surface area (Å²) in [7, 11) is 0. The average Bonchev–Trinajstić information content (AvgIpc) is 2.78. The lowest BCUT2D eigenvalue weighted by Crippen LogP contribution is -2.32. The summed E-state index contributed by atoms with van der Waals surface area (Å²) in [6.07, 6.45) is 3.50. The predicted molar refractivity (Wildman–Crippen MR) is 117 cm³/mol. The van der Waals surface area contributed by atoms with E-state index in [9.17, 15) is 15.0 Å². The Balaban J connectivity index is 1.31. The van der Waals surface area contributed by atoms with Gasteiger partial charge in [0.1, 0.15) is 30.0 Å². The number of carbonyl (C=O) groups is 1. The summed E-state index contributed by atoms with van der Waals surface area (Å²) in [5, 5.41) is 25.3. The van der Waals surface area contributed by atoms with Gasteiger partial charge in [-0.25, -0.2) is 9.97 Å². The van der Waals surface area contributed by atoms with Crippen LogP contribution in [0.15, 0.2) is 67.0 Å². The molecule has 1 aromatic heterocycles. The van der Waals surface area contributed by atoms with E-state index in [1.807, 2.05) is 24.3 Å². The van der Waals surface area contributed by atoms with Crippen molar-refractivity contribution < 1.29 is 19.7 Å². The summed E-state index contributed by atoms with van der Waals surface area (Å²) >= 11 is 0. The Kier molecular flexibility index (Phi) is 8.33. The van der Waals surface area contributed by atoms with Crippen molar-refractivity contribution in [3.8, 4) is 11.5 Å². The van der Waals surface area contributed by atoms with Gasteiger partial charge in [-0.1, -0.05) is 12.1 Å². The Morgan fingerprint density at radius 3 is 2.45 bits per heavy atom. The van der Waals surface area contributed by atoms with Gasteiger partial charge in [0, 0.05) is 24.6 Å². The number of nitrogens with one attached hydrogen (secondary N) is 2. The molecule has 3 rings (SSSR count). The number of benzene rings is 2. The minimum atomic E-state index is -0.639. The van der Waals surface area contributed by atoms with Crippen LogP contribution < -0.4 is 15.4 Å². The summed E-state index contributed by atoms with van der Waals surface area (Å²) < 4.78 is 5.48. The fourth-order valence-corrected chi connectivity index (χ4v) is 2.82. The molecule has 0 bridgehead atoms. The number of hydrogen-bond donors (Lipinski definition) is 4. The molecule has 0 spiro atoms. The van der Waals surface area contributed by atoms with E-state index < -0.39 is 6.10 Å². The molecule has 0 aliphatic rings. The van der Waals surface area contributed by atoms with Gasteiger partial charge in [0.25, 0.3) is 0 Å². The van der Waals surface area contributed by atoms with Gasteiger partial charge in [-0.15, -0.1) is 0 Å². The number of aliphatic hydroxyl groups excluding tert-OH is 1. The van der Waals surface area contributed by atoms with E-state index >= 15 is 0 Å². The summed E-state index contributed by atoms with van der Waals surface area (Å²) in [5.41, 5.74) is 1.84. The highest BCUT2D eigenvalue weighted by Crippen LogP contribution is 2.16. The molecule has 1 amide bonds. The zero-order valence-corrected chi connectivity index (χ0v) is 17.1. The molecular weight excluding hydrogens is 396 g/mol. The van der Waals surface area contributed by atoms with Gasteiger partial charge < -0.3 is 25.6 Å². The van der Waals surface area contributed by atoms with E-state index in [1.165, 1.54) is 12.1 Å². The third kappa shape index (κ3) is 8.04. The Morgan fingerprint density at radius 1 is 1.03 bits per heavy atom. The zero-order valence-electron chi connectivity index (χ0n) is 17.1. The van der Waals surface area contributed by atoms with Gasteiger partial charge in [0.2, 0.25) is 5.91 Å². The number of rotatable bonds is 11.